The maximum Gasteiger partial charge on any atom is 0.417 e. The van der Waals surface area contributed by atoms with Crippen molar-refractivity contribution >= 4 is 43.4 Å². The molecule has 3 aliphatic rings. The van der Waals surface area contributed by atoms with Crippen LogP contribution in [-0.2, 0) is 10.9 Å². The molecule has 2 aromatic carbocycles. The molecule has 3 fully saturated rings. The number of nitrogens with two attached hydrogens (primary N) is 1. The van der Waals surface area contributed by atoms with Gasteiger partial charge in [0.25, 0.3) is 0 Å². The molecule has 4 aromatic rings. The zero-order valence-electron chi connectivity index (χ0n) is 23.2. The summed E-state index contributed by atoms with van der Waals surface area (Å²) in [4.78, 5) is 14.9. The van der Waals surface area contributed by atoms with E-state index < -0.39 is 28.9 Å². The molecule has 3 atom stereocenters. The number of alkyl halides is 3. The van der Waals surface area contributed by atoms with Crippen LogP contribution in [0.15, 0.2) is 18.2 Å². The van der Waals surface area contributed by atoms with Gasteiger partial charge in [-0.25, -0.2) is 13.8 Å². The fourth-order valence-corrected chi connectivity index (χ4v) is 7.26. The lowest BCUT2D eigenvalue weighted by molar-refractivity contribution is -0.137. The van der Waals surface area contributed by atoms with Gasteiger partial charge in [-0.15, -0.1) is 0 Å². The Bertz CT molecular complexity index is 1710. The van der Waals surface area contributed by atoms with Gasteiger partial charge in [0.15, 0.2) is 10.9 Å². The molecule has 0 aliphatic carbocycles. The van der Waals surface area contributed by atoms with Crippen LogP contribution in [0.1, 0.15) is 38.2 Å². The van der Waals surface area contributed by atoms with Gasteiger partial charge in [0.1, 0.15) is 17.2 Å². The summed E-state index contributed by atoms with van der Waals surface area (Å²) in [6.45, 7) is 4.32. The number of hydrogen-bond acceptors (Lipinski definition) is 9. The van der Waals surface area contributed by atoms with Gasteiger partial charge >= 0.3 is 12.2 Å². The number of nitrogens with one attached hydrogen (secondary N) is 1. The Morgan fingerprint density at radius 2 is 1.91 bits per heavy atom. The lowest BCUT2D eigenvalue weighted by atomic mass is 9.86. The molecule has 2 aromatic heterocycles. The SMILES string of the molecule is CC1(COc2nc(N3CC4CCC(C3)N4)c3cc(C(F)(F)F)c(-c4ccc(F)c5sc(N)nc45)c(F)c3n2)CCCOC1. The average Bonchev–Trinajstić information content (AvgIpc) is 3.53. The minimum atomic E-state index is -4.96. The highest BCUT2D eigenvalue weighted by molar-refractivity contribution is 7.22. The van der Waals surface area contributed by atoms with Crippen LogP contribution < -0.4 is 20.7 Å². The number of halogens is 5. The van der Waals surface area contributed by atoms with Crippen molar-refractivity contribution < 1.29 is 31.4 Å². The molecule has 0 spiro atoms. The Morgan fingerprint density at radius 1 is 1.14 bits per heavy atom. The van der Waals surface area contributed by atoms with Crippen molar-refractivity contribution in [3.63, 3.8) is 0 Å². The minimum absolute atomic E-state index is 0.0510. The Morgan fingerprint density at radius 3 is 2.60 bits per heavy atom. The lowest BCUT2D eigenvalue weighted by Gasteiger charge is -2.35. The second kappa shape index (κ2) is 10.4. The number of thiazole rings is 1. The van der Waals surface area contributed by atoms with Crippen LogP contribution in [0.2, 0.25) is 0 Å². The largest absolute Gasteiger partial charge is 0.463 e. The number of rotatable bonds is 5. The molecule has 2 bridgehead atoms. The number of benzene rings is 2. The minimum Gasteiger partial charge on any atom is -0.463 e. The Labute approximate surface area is 247 Å². The molecule has 5 heterocycles. The van der Waals surface area contributed by atoms with Gasteiger partial charge in [0.05, 0.1) is 29.0 Å². The molecule has 0 radical (unpaired) electrons. The molecule has 228 valence electrons. The fraction of sp³-hybridized carbons (Fsp3) is 0.483. The topological polar surface area (TPSA) is 98.4 Å². The van der Waals surface area contributed by atoms with Crippen LogP contribution in [0.4, 0.5) is 32.9 Å². The third-order valence-corrected chi connectivity index (χ3v) is 9.46. The maximum absolute atomic E-state index is 16.7. The van der Waals surface area contributed by atoms with E-state index in [9.17, 15) is 17.6 Å². The van der Waals surface area contributed by atoms with Crippen molar-refractivity contribution in [1.82, 2.24) is 20.3 Å². The molecule has 0 saturated carbocycles. The van der Waals surface area contributed by atoms with Gasteiger partial charge in [-0.05, 0) is 43.9 Å². The highest BCUT2D eigenvalue weighted by atomic mass is 32.1. The first kappa shape index (κ1) is 28.4. The first-order valence-electron chi connectivity index (χ1n) is 14.2. The quantitative estimate of drug-likeness (QED) is 0.266. The molecule has 7 rings (SSSR count). The summed E-state index contributed by atoms with van der Waals surface area (Å²) < 4.78 is 87.0. The van der Waals surface area contributed by atoms with E-state index in [1.807, 2.05) is 11.8 Å². The van der Waals surface area contributed by atoms with E-state index in [4.69, 9.17) is 15.2 Å². The van der Waals surface area contributed by atoms with E-state index in [1.54, 1.807) is 0 Å². The van der Waals surface area contributed by atoms with Crippen LogP contribution in [0.25, 0.3) is 32.2 Å². The molecular weight excluding hydrogens is 591 g/mol. The normalized spacial score (nSPS) is 24.3. The molecule has 3 N–H and O–H groups in total. The first-order valence-corrected chi connectivity index (χ1v) is 15.0. The average molecular weight is 621 g/mol. The molecule has 43 heavy (non-hydrogen) atoms. The molecule has 3 unspecified atom stereocenters. The highest BCUT2D eigenvalue weighted by Gasteiger charge is 2.40. The van der Waals surface area contributed by atoms with Gasteiger partial charge < -0.3 is 25.4 Å². The van der Waals surface area contributed by atoms with Crippen molar-refractivity contribution in [3.8, 4) is 17.1 Å². The van der Waals surface area contributed by atoms with E-state index in [-0.39, 0.29) is 67.7 Å². The maximum atomic E-state index is 16.7. The van der Waals surface area contributed by atoms with Crippen LogP contribution in [-0.4, -0.2) is 59.9 Å². The third-order valence-electron chi connectivity index (χ3n) is 8.56. The number of hydrogen-bond donors (Lipinski definition) is 2. The van der Waals surface area contributed by atoms with Crippen molar-refractivity contribution in [1.29, 1.82) is 0 Å². The van der Waals surface area contributed by atoms with Crippen LogP contribution >= 0.6 is 11.3 Å². The number of piperazine rings is 1. The number of anilines is 2. The lowest BCUT2D eigenvalue weighted by Crippen LogP contribution is -2.51. The Balaban J connectivity index is 1.44. The van der Waals surface area contributed by atoms with E-state index in [1.165, 1.54) is 0 Å². The number of fused-ring (bicyclic) bond motifs is 4. The number of ether oxygens (including phenoxy) is 2. The van der Waals surface area contributed by atoms with Crippen LogP contribution in [0, 0.1) is 17.0 Å². The van der Waals surface area contributed by atoms with Crippen molar-refractivity contribution in [2.24, 2.45) is 5.41 Å². The summed E-state index contributed by atoms with van der Waals surface area (Å²) in [5.41, 5.74) is 2.74. The molecular formula is C29H29F5N6O2S. The van der Waals surface area contributed by atoms with Gasteiger partial charge in [-0.1, -0.05) is 18.3 Å². The van der Waals surface area contributed by atoms with Gasteiger partial charge in [-0.2, -0.15) is 23.1 Å². The summed E-state index contributed by atoms with van der Waals surface area (Å²) in [5.74, 6) is -1.75. The van der Waals surface area contributed by atoms with E-state index in [0.29, 0.717) is 26.3 Å². The van der Waals surface area contributed by atoms with Crippen molar-refractivity contribution in [3.05, 3.63) is 35.4 Å². The standard InChI is InChI=1S/C29H29F5N6O2S/c1-28(7-2-8-41-12-28)13-42-27-38-22-17(25(39-27)40-10-14-3-4-15(11-40)36-14)9-18(29(32,33)34)20(21(22)31)16-5-6-19(30)24-23(16)37-26(35)43-24/h5-6,9,14-15,36H,2-4,7-8,10-13H2,1H3,(H2,35,37). The second-order valence-corrected chi connectivity index (χ2v) is 13.0. The van der Waals surface area contributed by atoms with Crippen molar-refractivity contribution in [2.45, 2.75) is 50.9 Å². The van der Waals surface area contributed by atoms with E-state index in [2.05, 4.69) is 20.3 Å². The van der Waals surface area contributed by atoms with E-state index >= 15 is 4.39 Å². The zero-order chi connectivity index (χ0) is 30.1. The predicted octanol–water partition coefficient (Wildman–Crippen LogP) is 5.92. The molecule has 14 heteroatoms. The molecule has 0 amide bonds. The summed E-state index contributed by atoms with van der Waals surface area (Å²) in [7, 11) is 0. The van der Waals surface area contributed by atoms with Crippen LogP contribution in [0.3, 0.4) is 0 Å². The second-order valence-electron chi connectivity index (χ2n) is 12.0. The Kier molecular flexibility index (Phi) is 6.86. The number of nitrogen functional groups attached to an aromatic ring is 1. The zero-order valence-corrected chi connectivity index (χ0v) is 24.0. The van der Waals surface area contributed by atoms with E-state index in [0.717, 1.165) is 55.2 Å². The molecule has 3 saturated heterocycles. The summed E-state index contributed by atoms with van der Waals surface area (Å²) in [5, 5.41) is 3.37. The number of nitrogens with zero attached hydrogens (tertiary/aromatic N) is 4. The highest BCUT2D eigenvalue weighted by Crippen LogP contribution is 2.46. The first-order chi connectivity index (χ1) is 20.5. The van der Waals surface area contributed by atoms with Gasteiger partial charge in [0, 0.05) is 53.7 Å². The third kappa shape index (κ3) is 5.12. The van der Waals surface area contributed by atoms with Crippen LogP contribution in [0.5, 0.6) is 6.01 Å². The van der Waals surface area contributed by atoms with Crippen molar-refractivity contribution in [2.75, 3.05) is 43.5 Å². The van der Waals surface area contributed by atoms with Gasteiger partial charge in [-0.3, -0.25) is 0 Å². The van der Waals surface area contributed by atoms with Gasteiger partial charge in [0.2, 0.25) is 0 Å². The molecule has 3 aliphatic heterocycles. The molecule has 8 nitrogen and oxygen atoms in total. The Hall–Kier alpha value is -3.36. The summed E-state index contributed by atoms with van der Waals surface area (Å²) >= 11 is 0.780. The monoisotopic (exact) mass is 620 g/mol. The number of aromatic nitrogens is 3. The fourth-order valence-electron chi connectivity index (χ4n) is 6.49. The summed E-state index contributed by atoms with van der Waals surface area (Å²) in [6, 6.07) is 3.11. The smallest absolute Gasteiger partial charge is 0.417 e. The summed E-state index contributed by atoms with van der Waals surface area (Å²) in [6.07, 6.45) is -1.40. The predicted molar refractivity (Wildman–Crippen MR) is 153 cm³/mol.